The van der Waals surface area contributed by atoms with Crippen molar-refractivity contribution >= 4 is 22.9 Å². The molecule has 5 heteroatoms. The minimum Gasteiger partial charge on any atom is -0.496 e. The first-order chi connectivity index (χ1) is 10.7. The third-order valence-electron chi connectivity index (χ3n) is 4.02. The lowest BCUT2D eigenvalue weighted by molar-refractivity contribution is 0.197. The average Bonchev–Trinajstić information content (AvgIpc) is 2.95. The van der Waals surface area contributed by atoms with Crippen LogP contribution in [0.2, 0.25) is 5.02 Å². The van der Waals surface area contributed by atoms with E-state index < -0.39 is 0 Å². The van der Waals surface area contributed by atoms with Gasteiger partial charge in [-0.05, 0) is 42.1 Å². The number of thiophene rings is 1. The van der Waals surface area contributed by atoms with Gasteiger partial charge < -0.3 is 10.1 Å². The van der Waals surface area contributed by atoms with Gasteiger partial charge in [0, 0.05) is 41.6 Å². The predicted octanol–water partition coefficient (Wildman–Crippen LogP) is 3.71. The van der Waals surface area contributed by atoms with Crippen molar-refractivity contribution in [3.05, 3.63) is 50.7 Å². The van der Waals surface area contributed by atoms with Crippen LogP contribution in [0.25, 0.3) is 0 Å². The fourth-order valence-electron chi connectivity index (χ4n) is 2.99. The van der Waals surface area contributed by atoms with Gasteiger partial charge in [-0.3, -0.25) is 4.90 Å². The van der Waals surface area contributed by atoms with Crippen molar-refractivity contribution in [3.63, 3.8) is 0 Å². The molecule has 0 saturated carbocycles. The molecule has 1 saturated heterocycles. The van der Waals surface area contributed by atoms with Crippen molar-refractivity contribution < 1.29 is 4.74 Å². The highest BCUT2D eigenvalue weighted by Crippen LogP contribution is 2.38. The van der Waals surface area contributed by atoms with E-state index in [0.717, 1.165) is 42.5 Å². The molecule has 0 aliphatic carbocycles. The van der Waals surface area contributed by atoms with Crippen molar-refractivity contribution in [2.24, 2.45) is 0 Å². The van der Waals surface area contributed by atoms with Gasteiger partial charge >= 0.3 is 0 Å². The Morgan fingerprint density at radius 1 is 1.27 bits per heavy atom. The lowest BCUT2D eigenvalue weighted by atomic mass is 10.0. The molecular weight excluding hydrogens is 316 g/mol. The Morgan fingerprint density at radius 3 is 2.68 bits per heavy atom. The maximum Gasteiger partial charge on any atom is 0.124 e. The summed E-state index contributed by atoms with van der Waals surface area (Å²) in [5.41, 5.74) is 2.46. The Labute approximate surface area is 140 Å². The molecule has 118 valence electrons. The summed E-state index contributed by atoms with van der Waals surface area (Å²) in [6.45, 7) is 6.23. The lowest BCUT2D eigenvalue weighted by Crippen LogP contribution is -2.45. The Morgan fingerprint density at radius 2 is 2.05 bits per heavy atom. The highest BCUT2D eigenvalue weighted by Gasteiger charge is 2.27. The molecule has 0 spiro atoms. The molecule has 2 heterocycles. The van der Waals surface area contributed by atoms with Crippen LogP contribution >= 0.6 is 22.9 Å². The van der Waals surface area contributed by atoms with Crippen molar-refractivity contribution in [1.82, 2.24) is 10.2 Å². The second-order valence-corrected chi connectivity index (χ2v) is 6.98. The second-order valence-electron chi connectivity index (χ2n) is 5.60. The van der Waals surface area contributed by atoms with Gasteiger partial charge in [-0.25, -0.2) is 0 Å². The van der Waals surface area contributed by atoms with Crippen LogP contribution in [0.4, 0.5) is 0 Å². The molecule has 1 unspecified atom stereocenters. The maximum atomic E-state index is 6.27. The smallest absolute Gasteiger partial charge is 0.124 e. The molecule has 2 aromatic rings. The maximum absolute atomic E-state index is 6.27. The average molecular weight is 337 g/mol. The zero-order valence-electron chi connectivity index (χ0n) is 12.9. The first kappa shape index (κ1) is 15.8. The number of hydrogen-bond donors (Lipinski definition) is 1. The number of hydrogen-bond acceptors (Lipinski definition) is 4. The van der Waals surface area contributed by atoms with Gasteiger partial charge in [0.25, 0.3) is 0 Å². The number of rotatable bonds is 4. The standard InChI is InChI=1S/C17H21ClN2OS/c1-12-9-16(22-11-12)17(20-7-5-19-6-8-20)14-10-13(18)3-4-15(14)21-2/h3-4,9-11,17,19H,5-8H2,1-2H3. The van der Waals surface area contributed by atoms with E-state index in [9.17, 15) is 0 Å². The highest BCUT2D eigenvalue weighted by molar-refractivity contribution is 7.10. The number of ether oxygens (including phenoxy) is 1. The van der Waals surface area contributed by atoms with E-state index in [1.807, 2.05) is 29.5 Å². The van der Waals surface area contributed by atoms with Crippen molar-refractivity contribution in [3.8, 4) is 5.75 Å². The van der Waals surface area contributed by atoms with Crippen molar-refractivity contribution in [1.29, 1.82) is 0 Å². The normalized spacial score (nSPS) is 17.4. The van der Waals surface area contributed by atoms with Crippen molar-refractivity contribution in [2.75, 3.05) is 33.3 Å². The van der Waals surface area contributed by atoms with Gasteiger partial charge in [-0.2, -0.15) is 0 Å². The highest BCUT2D eigenvalue weighted by atomic mass is 35.5. The van der Waals surface area contributed by atoms with Crippen LogP contribution in [0.3, 0.4) is 0 Å². The molecule has 3 rings (SSSR count). The number of halogens is 1. The molecule has 1 fully saturated rings. The van der Waals surface area contributed by atoms with Gasteiger partial charge in [-0.15, -0.1) is 11.3 Å². The van der Waals surface area contributed by atoms with Crippen LogP contribution in [0.1, 0.15) is 22.0 Å². The number of aryl methyl sites for hydroxylation is 1. The SMILES string of the molecule is COc1ccc(Cl)cc1C(c1cc(C)cs1)N1CCNCC1. The minimum atomic E-state index is 0.203. The van der Waals surface area contributed by atoms with E-state index >= 15 is 0 Å². The summed E-state index contributed by atoms with van der Waals surface area (Å²) >= 11 is 8.08. The molecule has 3 nitrogen and oxygen atoms in total. The Bertz CT molecular complexity index is 637. The molecule has 1 aromatic carbocycles. The number of nitrogens with zero attached hydrogens (tertiary/aromatic N) is 1. The third kappa shape index (κ3) is 3.30. The number of piperazine rings is 1. The van der Waals surface area contributed by atoms with Gasteiger partial charge in [0.1, 0.15) is 5.75 Å². The summed E-state index contributed by atoms with van der Waals surface area (Å²) in [4.78, 5) is 3.86. The molecular formula is C17H21ClN2OS. The van der Waals surface area contributed by atoms with Crippen LogP contribution in [0.15, 0.2) is 29.6 Å². The summed E-state index contributed by atoms with van der Waals surface area (Å²) in [5, 5.41) is 6.39. The van der Waals surface area contributed by atoms with Crippen LogP contribution < -0.4 is 10.1 Å². The topological polar surface area (TPSA) is 24.5 Å². The molecule has 1 aromatic heterocycles. The zero-order chi connectivity index (χ0) is 15.5. The fraction of sp³-hybridized carbons (Fsp3) is 0.412. The molecule has 22 heavy (non-hydrogen) atoms. The summed E-state index contributed by atoms with van der Waals surface area (Å²) in [6, 6.07) is 8.38. The van der Waals surface area contributed by atoms with Crippen LogP contribution in [0.5, 0.6) is 5.75 Å². The first-order valence-electron chi connectivity index (χ1n) is 7.52. The summed E-state index contributed by atoms with van der Waals surface area (Å²) in [6.07, 6.45) is 0. The van der Waals surface area contributed by atoms with Crippen molar-refractivity contribution in [2.45, 2.75) is 13.0 Å². The molecule has 0 radical (unpaired) electrons. The fourth-order valence-corrected chi connectivity index (χ4v) is 4.22. The van der Waals surface area contributed by atoms with Gasteiger partial charge in [-0.1, -0.05) is 11.6 Å². The van der Waals surface area contributed by atoms with Crippen LogP contribution in [-0.2, 0) is 0 Å². The molecule has 1 N–H and O–H groups in total. The first-order valence-corrected chi connectivity index (χ1v) is 8.78. The molecule has 1 atom stereocenters. The van der Waals surface area contributed by atoms with E-state index in [2.05, 4.69) is 28.6 Å². The molecule has 1 aliphatic rings. The van der Waals surface area contributed by atoms with Crippen LogP contribution in [0, 0.1) is 6.92 Å². The van der Waals surface area contributed by atoms with Gasteiger partial charge in [0.15, 0.2) is 0 Å². The Balaban J connectivity index is 2.06. The number of benzene rings is 1. The summed E-state index contributed by atoms with van der Waals surface area (Å²) < 4.78 is 5.60. The summed E-state index contributed by atoms with van der Waals surface area (Å²) in [5.74, 6) is 0.902. The van der Waals surface area contributed by atoms with Gasteiger partial charge in [0.2, 0.25) is 0 Å². The molecule has 1 aliphatic heterocycles. The van der Waals surface area contributed by atoms with E-state index in [1.54, 1.807) is 7.11 Å². The second kappa shape index (κ2) is 7.01. The van der Waals surface area contributed by atoms with Gasteiger partial charge in [0.05, 0.1) is 13.2 Å². The number of nitrogens with one attached hydrogen (secondary N) is 1. The summed E-state index contributed by atoms with van der Waals surface area (Å²) in [7, 11) is 1.72. The van der Waals surface area contributed by atoms with E-state index in [-0.39, 0.29) is 6.04 Å². The van der Waals surface area contributed by atoms with E-state index in [4.69, 9.17) is 16.3 Å². The van der Waals surface area contributed by atoms with E-state index in [0.29, 0.717) is 0 Å². The van der Waals surface area contributed by atoms with E-state index in [1.165, 1.54) is 10.4 Å². The Kier molecular flexibility index (Phi) is 5.03. The monoisotopic (exact) mass is 336 g/mol. The molecule has 0 amide bonds. The largest absolute Gasteiger partial charge is 0.496 e. The quantitative estimate of drug-likeness (QED) is 0.921. The lowest BCUT2D eigenvalue weighted by Gasteiger charge is -2.35. The van der Waals surface area contributed by atoms with Crippen LogP contribution in [-0.4, -0.2) is 38.2 Å². The minimum absolute atomic E-state index is 0.203. The predicted molar refractivity (Wildman–Crippen MR) is 93.3 cm³/mol. The zero-order valence-corrected chi connectivity index (χ0v) is 14.5. The number of methoxy groups -OCH3 is 1. The Hall–Kier alpha value is -1.07. The molecule has 0 bridgehead atoms. The third-order valence-corrected chi connectivity index (χ3v) is 5.36.